The van der Waals surface area contributed by atoms with Gasteiger partial charge in [0, 0.05) is 12.1 Å². The zero-order valence-electron chi connectivity index (χ0n) is 10.8. The summed E-state index contributed by atoms with van der Waals surface area (Å²) in [6, 6.07) is 9.35. The van der Waals surface area contributed by atoms with E-state index < -0.39 is 6.04 Å². The first-order valence-corrected chi connectivity index (χ1v) is 7.39. The van der Waals surface area contributed by atoms with Crippen LogP contribution in [-0.2, 0) is 9.59 Å². The minimum absolute atomic E-state index is 0.0582. The van der Waals surface area contributed by atoms with Crippen molar-refractivity contribution in [2.75, 3.05) is 5.32 Å². The Kier molecular flexibility index (Phi) is 3.52. The van der Waals surface area contributed by atoms with Crippen LogP contribution in [0.3, 0.4) is 0 Å². The van der Waals surface area contributed by atoms with Crippen molar-refractivity contribution in [3.05, 3.63) is 41.1 Å². The summed E-state index contributed by atoms with van der Waals surface area (Å²) in [5.41, 5.74) is 2.96. The zero-order chi connectivity index (χ0) is 13.9. The Hall–Kier alpha value is -2.14. The average Bonchev–Trinajstić information content (AvgIpc) is 3.10. The van der Waals surface area contributed by atoms with Crippen LogP contribution in [0.25, 0.3) is 11.1 Å². The number of benzene rings is 1. The molecule has 0 bridgehead atoms. The Morgan fingerprint density at radius 1 is 1.30 bits per heavy atom. The smallest absolute Gasteiger partial charge is 0.246 e. The summed E-state index contributed by atoms with van der Waals surface area (Å²) in [7, 11) is 0. The standard InChI is InChI=1S/C15H14N2O2S/c18-14-5-4-13(17-14)15(19)16-12-3-1-2-10(8-12)11-6-7-20-9-11/h1-3,6-9,13H,4-5H2,(H,16,19)(H,17,18). The summed E-state index contributed by atoms with van der Waals surface area (Å²) >= 11 is 1.64. The zero-order valence-corrected chi connectivity index (χ0v) is 11.6. The number of rotatable bonds is 3. The van der Waals surface area contributed by atoms with E-state index >= 15 is 0 Å². The van der Waals surface area contributed by atoms with Gasteiger partial charge in [-0.15, -0.1) is 0 Å². The van der Waals surface area contributed by atoms with Crippen LogP contribution >= 0.6 is 11.3 Å². The largest absolute Gasteiger partial charge is 0.344 e. The van der Waals surface area contributed by atoms with Crippen molar-refractivity contribution in [3.63, 3.8) is 0 Å². The lowest BCUT2D eigenvalue weighted by molar-refractivity contribution is -0.122. The van der Waals surface area contributed by atoms with E-state index in [2.05, 4.69) is 16.0 Å². The molecule has 4 nitrogen and oxygen atoms in total. The molecule has 1 aromatic heterocycles. The van der Waals surface area contributed by atoms with Crippen LogP contribution in [0.1, 0.15) is 12.8 Å². The van der Waals surface area contributed by atoms with Crippen LogP contribution in [0.5, 0.6) is 0 Å². The number of thiophene rings is 1. The summed E-state index contributed by atoms with van der Waals surface area (Å²) < 4.78 is 0. The fraction of sp³-hybridized carbons (Fsp3) is 0.200. The van der Waals surface area contributed by atoms with E-state index in [0.29, 0.717) is 12.8 Å². The molecule has 1 aliphatic rings. The van der Waals surface area contributed by atoms with Crippen LogP contribution in [-0.4, -0.2) is 17.9 Å². The molecule has 0 spiro atoms. The first kappa shape index (κ1) is 12.9. The molecule has 1 fully saturated rings. The minimum Gasteiger partial charge on any atom is -0.344 e. The quantitative estimate of drug-likeness (QED) is 0.911. The van der Waals surface area contributed by atoms with Crippen molar-refractivity contribution in [2.24, 2.45) is 0 Å². The Bertz CT molecular complexity index is 637. The SMILES string of the molecule is O=C1CCC(C(=O)Nc2cccc(-c3ccsc3)c2)N1. The average molecular weight is 286 g/mol. The fourth-order valence-corrected chi connectivity index (χ4v) is 2.91. The third kappa shape index (κ3) is 2.72. The highest BCUT2D eigenvalue weighted by Crippen LogP contribution is 2.25. The highest BCUT2D eigenvalue weighted by molar-refractivity contribution is 7.08. The Morgan fingerprint density at radius 2 is 2.20 bits per heavy atom. The van der Waals surface area contributed by atoms with Gasteiger partial charge in [-0.05, 0) is 46.5 Å². The van der Waals surface area contributed by atoms with E-state index in [1.54, 1.807) is 11.3 Å². The van der Waals surface area contributed by atoms with Crippen molar-refractivity contribution < 1.29 is 9.59 Å². The van der Waals surface area contributed by atoms with E-state index in [4.69, 9.17) is 0 Å². The van der Waals surface area contributed by atoms with Gasteiger partial charge in [-0.1, -0.05) is 12.1 Å². The van der Waals surface area contributed by atoms with Gasteiger partial charge in [0.2, 0.25) is 11.8 Å². The molecular weight excluding hydrogens is 272 g/mol. The lowest BCUT2D eigenvalue weighted by Gasteiger charge is -2.11. The van der Waals surface area contributed by atoms with Gasteiger partial charge in [0.1, 0.15) is 6.04 Å². The molecule has 1 saturated heterocycles. The van der Waals surface area contributed by atoms with Crippen LogP contribution in [0.4, 0.5) is 5.69 Å². The predicted molar refractivity (Wildman–Crippen MR) is 79.5 cm³/mol. The van der Waals surface area contributed by atoms with Crippen molar-refractivity contribution in [3.8, 4) is 11.1 Å². The van der Waals surface area contributed by atoms with Gasteiger partial charge in [0.05, 0.1) is 0 Å². The van der Waals surface area contributed by atoms with Gasteiger partial charge in [-0.3, -0.25) is 9.59 Å². The Balaban J connectivity index is 1.73. The minimum atomic E-state index is -0.410. The summed E-state index contributed by atoms with van der Waals surface area (Å²) in [6.07, 6.45) is 0.988. The second kappa shape index (κ2) is 5.46. The molecule has 0 radical (unpaired) electrons. The third-order valence-corrected chi connectivity index (χ3v) is 3.98. The van der Waals surface area contributed by atoms with Gasteiger partial charge in [-0.25, -0.2) is 0 Å². The number of anilines is 1. The van der Waals surface area contributed by atoms with E-state index in [9.17, 15) is 9.59 Å². The summed E-state index contributed by atoms with van der Waals surface area (Å²) in [5, 5.41) is 9.61. The molecule has 20 heavy (non-hydrogen) atoms. The molecule has 2 N–H and O–H groups in total. The van der Waals surface area contributed by atoms with Gasteiger partial charge in [0.25, 0.3) is 0 Å². The van der Waals surface area contributed by atoms with Crippen molar-refractivity contribution >= 4 is 28.8 Å². The van der Waals surface area contributed by atoms with Crippen molar-refractivity contribution in [2.45, 2.75) is 18.9 Å². The molecule has 2 amide bonds. The monoisotopic (exact) mass is 286 g/mol. The maximum atomic E-state index is 12.0. The van der Waals surface area contributed by atoms with Crippen molar-refractivity contribution in [1.29, 1.82) is 0 Å². The lowest BCUT2D eigenvalue weighted by Crippen LogP contribution is -2.37. The van der Waals surface area contributed by atoms with Crippen LogP contribution in [0.2, 0.25) is 0 Å². The number of amides is 2. The lowest BCUT2D eigenvalue weighted by atomic mass is 10.1. The summed E-state index contributed by atoms with van der Waals surface area (Å²) in [5.74, 6) is -0.213. The van der Waals surface area contributed by atoms with E-state index in [-0.39, 0.29) is 11.8 Å². The maximum absolute atomic E-state index is 12.0. The molecule has 3 rings (SSSR count). The third-order valence-electron chi connectivity index (χ3n) is 3.30. The molecule has 5 heteroatoms. The Labute approximate surface area is 120 Å². The van der Waals surface area contributed by atoms with Crippen LogP contribution in [0, 0.1) is 0 Å². The molecular formula is C15H14N2O2S. The van der Waals surface area contributed by atoms with E-state index in [1.165, 1.54) is 0 Å². The predicted octanol–water partition coefficient (Wildman–Crippen LogP) is 2.63. The molecule has 1 unspecified atom stereocenters. The van der Waals surface area contributed by atoms with Crippen LogP contribution in [0.15, 0.2) is 41.1 Å². The Morgan fingerprint density at radius 3 is 2.90 bits per heavy atom. The topological polar surface area (TPSA) is 58.2 Å². The van der Waals surface area contributed by atoms with Gasteiger partial charge >= 0.3 is 0 Å². The van der Waals surface area contributed by atoms with Gasteiger partial charge in [0.15, 0.2) is 0 Å². The normalized spacial score (nSPS) is 17.8. The first-order chi connectivity index (χ1) is 9.72. The molecule has 2 heterocycles. The molecule has 1 aliphatic heterocycles. The number of hydrogen-bond donors (Lipinski definition) is 2. The highest BCUT2D eigenvalue weighted by atomic mass is 32.1. The summed E-state index contributed by atoms with van der Waals surface area (Å²) in [6.45, 7) is 0. The van der Waals surface area contributed by atoms with Gasteiger partial charge in [-0.2, -0.15) is 11.3 Å². The van der Waals surface area contributed by atoms with Crippen LogP contribution < -0.4 is 10.6 Å². The number of hydrogen-bond acceptors (Lipinski definition) is 3. The summed E-state index contributed by atoms with van der Waals surface area (Å²) in [4.78, 5) is 23.2. The number of carbonyl (C=O) groups excluding carboxylic acids is 2. The first-order valence-electron chi connectivity index (χ1n) is 6.45. The second-order valence-corrected chi connectivity index (χ2v) is 5.52. The van der Waals surface area contributed by atoms with Gasteiger partial charge < -0.3 is 10.6 Å². The highest BCUT2D eigenvalue weighted by Gasteiger charge is 2.27. The van der Waals surface area contributed by atoms with Crippen molar-refractivity contribution in [1.82, 2.24) is 5.32 Å². The maximum Gasteiger partial charge on any atom is 0.246 e. The number of carbonyl (C=O) groups is 2. The van der Waals surface area contributed by atoms with E-state index in [0.717, 1.165) is 16.8 Å². The molecule has 1 atom stereocenters. The number of nitrogens with one attached hydrogen (secondary N) is 2. The molecule has 1 aromatic carbocycles. The second-order valence-electron chi connectivity index (χ2n) is 4.74. The fourth-order valence-electron chi connectivity index (χ4n) is 2.25. The molecule has 0 aliphatic carbocycles. The molecule has 2 aromatic rings. The van der Waals surface area contributed by atoms with E-state index in [1.807, 2.05) is 35.7 Å². The molecule has 102 valence electrons. The molecule has 0 saturated carbocycles.